The van der Waals surface area contributed by atoms with E-state index in [9.17, 15) is 9.59 Å². The van der Waals surface area contributed by atoms with E-state index in [1.165, 1.54) is 5.56 Å². The number of pyridine rings is 1. The van der Waals surface area contributed by atoms with Crippen LogP contribution in [0, 0.1) is 5.92 Å². The highest BCUT2D eigenvalue weighted by Crippen LogP contribution is 2.29. The van der Waals surface area contributed by atoms with Crippen molar-refractivity contribution in [3.8, 4) is 0 Å². The van der Waals surface area contributed by atoms with Gasteiger partial charge in [0.05, 0.1) is 16.3 Å². The second kappa shape index (κ2) is 14.4. The quantitative estimate of drug-likeness (QED) is 0.153. The van der Waals surface area contributed by atoms with Crippen LogP contribution >= 0.6 is 11.6 Å². The molecule has 1 amide bonds. The van der Waals surface area contributed by atoms with Gasteiger partial charge in [0.15, 0.2) is 5.78 Å². The number of rotatable bonds is 10. The molecule has 220 valence electrons. The number of aliphatic imine (C=N–C) groups is 1. The van der Waals surface area contributed by atoms with Gasteiger partial charge in [-0.1, -0.05) is 72.3 Å². The number of hydrogen-bond acceptors (Lipinski definition) is 5. The Balaban J connectivity index is 1.22. The maximum absolute atomic E-state index is 13.3. The minimum Gasteiger partial charge on any atom is -0.322 e. The molecular formula is C36H37ClN4O2. The first-order chi connectivity index (χ1) is 20.9. The number of likely N-dealkylation sites (tertiary alicyclic amines) is 1. The molecule has 4 aromatic rings. The van der Waals surface area contributed by atoms with Crippen LogP contribution in [-0.2, 0) is 13.0 Å². The molecule has 1 aromatic heterocycles. The van der Waals surface area contributed by atoms with E-state index in [-0.39, 0.29) is 11.7 Å². The van der Waals surface area contributed by atoms with E-state index in [0.29, 0.717) is 33.3 Å². The molecule has 0 bridgehead atoms. The highest BCUT2D eigenvalue weighted by Gasteiger charge is 2.23. The predicted octanol–water partition coefficient (Wildman–Crippen LogP) is 7.50. The summed E-state index contributed by atoms with van der Waals surface area (Å²) in [5.41, 5.74) is 5.75. The highest BCUT2D eigenvalue weighted by molar-refractivity contribution is 6.37. The lowest BCUT2D eigenvalue weighted by molar-refractivity contribution is 0.102. The molecular weight excluding hydrogens is 556 g/mol. The van der Waals surface area contributed by atoms with Gasteiger partial charge in [0.2, 0.25) is 0 Å². The minimum atomic E-state index is -0.359. The summed E-state index contributed by atoms with van der Waals surface area (Å²) in [5.74, 6) is 0.194. The monoisotopic (exact) mass is 592 g/mol. The number of amides is 1. The average Bonchev–Trinajstić information content (AvgIpc) is 3.05. The topological polar surface area (TPSA) is 74.7 Å². The van der Waals surface area contributed by atoms with E-state index in [2.05, 4.69) is 45.5 Å². The summed E-state index contributed by atoms with van der Waals surface area (Å²) in [6.45, 7) is 5.09. The van der Waals surface area contributed by atoms with Crippen molar-refractivity contribution in [3.05, 3.63) is 130 Å². The molecule has 5 rings (SSSR count). The molecule has 6 nitrogen and oxygen atoms in total. The van der Waals surface area contributed by atoms with Gasteiger partial charge in [-0.05, 0) is 81.4 Å². The molecule has 1 N–H and O–H groups in total. The van der Waals surface area contributed by atoms with E-state index in [0.717, 1.165) is 62.3 Å². The number of halogens is 1. The standard InChI is InChI=1S/C36H37ClN4O2/c1-25(38-2)33-32(18-13-26-19-21-41(22-20-26)24-27-9-5-3-6-10-27)39-23-31(34(33)37)36(43)40-30-16-14-29(15-17-30)35(42)28-11-7-4-8-12-28/h3-12,14-17,23,26H,13,18-22,24H2,1-2H3,(H,40,43). The first-order valence-corrected chi connectivity index (χ1v) is 15.2. The van der Waals surface area contributed by atoms with Gasteiger partial charge in [-0.25, -0.2) is 0 Å². The number of benzene rings is 3. The van der Waals surface area contributed by atoms with Crippen LogP contribution in [0.2, 0.25) is 5.02 Å². The van der Waals surface area contributed by atoms with Gasteiger partial charge in [0, 0.05) is 47.9 Å². The summed E-state index contributed by atoms with van der Waals surface area (Å²) in [6, 6.07) is 26.6. The van der Waals surface area contributed by atoms with E-state index in [1.54, 1.807) is 49.6 Å². The van der Waals surface area contributed by atoms with Crippen LogP contribution in [0.5, 0.6) is 0 Å². The summed E-state index contributed by atoms with van der Waals surface area (Å²) >= 11 is 6.87. The first-order valence-electron chi connectivity index (χ1n) is 14.8. The first kappa shape index (κ1) is 30.3. The predicted molar refractivity (Wildman–Crippen MR) is 174 cm³/mol. The summed E-state index contributed by atoms with van der Waals surface area (Å²) < 4.78 is 0. The molecule has 1 fully saturated rings. The van der Waals surface area contributed by atoms with Crippen LogP contribution in [0.4, 0.5) is 5.69 Å². The summed E-state index contributed by atoms with van der Waals surface area (Å²) in [4.78, 5) is 37.6. The number of carbonyl (C=O) groups is 2. The van der Waals surface area contributed by atoms with Crippen LogP contribution in [0.25, 0.3) is 0 Å². The fourth-order valence-electron chi connectivity index (χ4n) is 5.63. The Morgan fingerprint density at radius 3 is 2.21 bits per heavy atom. The SMILES string of the molecule is CN=C(C)c1c(CCC2CCN(Cc3ccccc3)CC2)ncc(C(=O)Nc2ccc(C(=O)c3ccccc3)cc2)c1Cl. The van der Waals surface area contributed by atoms with Crippen LogP contribution < -0.4 is 5.32 Å². The Kier molecular flexibility index (Phi) is 10.1. The van der Waals surface area contributed by atoms with Crippen molar-refractivity contribution in [1.82, 2.24) is 9.88 Å². The van der Waals surface area contributed by atoms with Crippen LogP contribution in [-0.4, -0.2) is 47.4 Å². The molecule has 0 radical (unpaired) electrons. The highest BCUT2D eigenvalue weighted by atomic mass is 35.5. The van der Waals surface area contributed by atoms with Crippen molar-refractivity contribution in [2.24, 2.45) is 10.9 Å². The maximum Gasteiger partial charge on any atom is 0.258 e. The van der Waals surface area contributed by atoms with Crippen molar-refractivity contribution in [2.75, 3.05) is 25.5 Å². The molecule has 2 heterocycles. The van der Waals surface area contributed by atoms with Crippen LogP contribution in [0.1, 0.15) is 69.3 Å². The molecule has 1 aliphatic rings. The zero-order chi connectivity index (χ0) is 30.2. The lowest BCUT2D eigenvalue weighted by Gasteiger charge is -2.32. The second-order valence-corrected chi connectivity index (χ2v) is 11.5. The lowest BCUT2D eigenvalue weighted by Crippen LogP contribution is -2.33. The van der Waals surface area contributed by atoms with Gasteiger partial charge in [-0.15, -0.1) is 0 Å². The maximum atomic E-state index is 13.3. The van der Waals surface area contributed by atoms with Crippen molar-refractivity contribution >= 4 is 34.7 Å². The Hall–Kier alpha value is -4.13. The largest absolute Gasteiger partial charge is 0.322 e. The van der Waals surface area contributed by atoms with Gasteiger partial charge in [0.1, 0.15) is 0 Å². The molecule has 1 saturated heterocycles. The number of aromatic nitrogens is 1. The van der Waals surface area contributed by atoms with Gasteiger partial charge < -0.3 is 5.32 Å². The van der Waals surface area contributed by atoms with E-state index >= 15 is 0 Å². The number of carbonyl (C=O) groups excluding carboxylic acids is 2. The number of hydrogen-bond donors (Lipinski definition) is 1. The zero-order valence-corrected chi connectivity index (χ0v) is 25.5. The Morgan fingerprint density at radius 1 is 0.930 bits per heavy atom. The molecule has 0 aliphatic carbocycles. The second-order valence-electron chi connectivity index (χ2n) is 11.1. The fraction of sp³-hybridized carbons (Fsp3) is 0.278. The number of piperidine rings is 1. The molecule has 3 aromatic carbocycles. The third-order valence-corrected chi connectivity index (χ3v) is 8.61. The normalized spacial score (nSPS) is 14.4. The van der Waals surface area contributed by atoms with Gasteiger partial charge >= 0.3 is 0 Å². The summed E-state index contributed by atoms with van der Waals surface area (Å²) in [6.07, 6.45) is 5.69. The minimum absolute atomic E-state index is 0.0713. The Labute approximate surface area is 258 Å². The van der Waals surface area contributed by atoms with Crippen LogP contribution in [0.3, 0.4) is 0 Å². The Morgan fingerprint density at radius 2 is 1.56 bits per heavy atom. The van der Waals surface area contributed by atoms with E-state index < -0.39 is 0 Å². The van der Waals surface area contributed by atoms with Gasteiger partial charge in [-0.3, -0.25) is 24.5 Å². The number of nitrogens with zero attached hydrogens (tertiary/aromatic N) is 3. The average molecular weight is 593 g/mol. The molecule has 43 heavy (non-hydrogen) atoms. The smallest absolute Gasteiger partial charge is 0.258 e. The number of ketones is 1. The number of nitrogens with one attached hydrogen (secondary N) is 1. The van der Waals surface area contributed by atoms with E-state index in [1.807, 2.05) is 25.1 Å². The third kappa shape index (κ3) is 7.64. The molecule has 0 atom stereocenters. The van der Waals surface area contributed by atoms with Gasteiger partial charge in [0.25, 0.3) is 5.91 Å². The fourth-order valence-corrected chi connectivity index (χ4v) is 6.01. The molecule has 1 aliphatic heterocycles. The number of anilines is 1. The molecule has 0 saturated carbocycles. The third-order valence-electron chi connectivity index (χ3n) is 8.22. The van der Waals surface area contributed by atoms with Crippen molar-refractivity contribution in [1.29, 1.82) is 0 Å². The Bertz CT molecular complexity index is 1580. The lowest BCUT2D eigenvalue weighted by atomic mass is 9.90. The van der Waals surface area contributed by atoms with Crippen molar-refractivity contribution in [3.63, 3.8) is 0 Å². The molecule has 0 spiro atoms. The van der Waals surface area contributed by atoms with Crippen LogP contribution in [0.15, 0.2) is 96.1 Å². The zero-order valence-electron chi connectivity index (χ0n) is 24.7. The summed E-state index contributed by atoms with van der Waals surface area (Å²) in [7, 11) is 1.73. The van der Waals surface area contributed by atoms with Gasteiger partial charge in [-0.2, -0.15) is 0 Å². The molecule has 0 unspecified atom stereocenters. The molecule has 7 heteroatoms. The number of aryl methyl sites for hydroxylation is 1. The van der Waals surface area contributed by atoms with E-state index in [4.69, 9.17) is 16.6 Å². The van der Waals surface area contributed by atoms with Crippen molar-refractivity contribution in [2.45, 2.75) is 39.2 Å². The van der Waals surface area contributed by atoms with Crippen molar-refractivity contribution < 1.29 is 9.59 Å². The summed E-state index contributed by atoms with van der Waals surface area (Å²) in [5, 5.41) is 3.25.